The average Bonchev–Trinajstić information content (AvgIpc) is 2.95. The van der Waals surface area contributed by atoms with Gasteiger partial charge in [-0.1, -0.05) is 34.1 Å². The van der Waals surface area contributed by atoms with Gasteiger partial charge in [0.15, 0.2) is 0 Å². The number of esters is 1. The molecule has 3 rings (SSSR count). The SMILES string of the molecule is CCOC(=O)c1cccc2nc(OCC)n(Cc3ccc(Br)cc3)c12. The van der Waals surface area contributed by atoms with Crippen LogP contribution in [0.2, 0.25) is 0 Å². The van der Waals surface area contributed by atoms with Crippen LogP contribution in [0.5, 0.6) is 6.01 Å². The second-order valence-electron chi connectivity index (χ2n) is 5.43. The number of aromatic nitrogens is 2. The molecule has 0 unspecified atom stereocenters. The number of hydrogen-bond donors (Lipinski definition) is 0. The van der Waals surface area contributed by atoms with E-state index in [9.17, 15) is 4.79 Å². The topological polar surface area (TPSA) is 53.4 Å². The Kier molecular flexibility index (Phi) is 5.38. The number of fused-ring (bicyclic) bond motifs is 1. The minimum Gasteiger partial charge on any atom is -0.465 e. The molecular weight excluding hydrogens is 384 g/mol. The van der Waals surface area contributed by atoms with Gasteiger partial charge in [0.2, 0.25) is 0 Å². The van der Waals surface area contributed by atoms with Crippen molar-refractivity contribution in [2.24, 2.45) is 0 Å². The Hall–Kier alpha value is -2.34. The molecule has 130 valence electrons. The van der Waals surface area contributed by atoms with Crippen LogP contribution in [0.15, 0.2) is 46.9 Å². The van der Waals surface area contributed by atoms with Gasteiger partial charge < -0.3 is 9.47 Å². The Morgan fingerprint density at radius 2 is 1.88 bits per heavy atom. The largest absolute Gasteiger partial charge is 0.465 e. The number of hydrogen-bond acceptors (Lipinski definition) is 4. The highest BCUT2D eigenvalue weighted by Crippen LogP contribution is 2.27. The maximum atomic E-state index is 12.4. The predicted molar refractivity (Wildman–Crippen MR) is 100 cm³/mol. The Morgan fingerprint density at radius 3 is 2.56 bits per heavy atom. The molecule has 0 saturated heterocycles. The highest BCUT2D eigenvalue weighted by Gasteiger charge is 2.19. The van der Waals surface area contributed by atoms with Crippen LogP contribution in [0.4, 0.5) is 0 Å². The number of halogens is 1. The molecule has 2 aromatic carbocycles. The highest BCUT2D eigenvalue weighted by atomic mass is 79.9. The summed E-state index contributed by atoms with van der Waals surface area (Å²) in [5.74, 6) is -0.354. The molecule has 1 aromatic heterocycles. The molecule has 0 bridgehead atoms. The molecule has 0 fully saturated rings. The van der Waals surface area contributed by atoms with E-state index in [1.54, 1.807) is 19.1 Å². The fourth-order valence-electron chi connectivity index (χ4n) is 2.70. The summed E-state index contributed by atoms with van der Waals surface area (Å²) in [7, 11) is 0. The molecule has 0 spiro atoms. The molecule has 0 aliphatic carbocycles. The van der Waals surface area contributed by atoms with Crippen LogP contribution in [-0.2, 0) is 11.3 Å². The second-order valence-corrected chi connectivity index (χ2v) is 6.35. The summed E-state index contributed by atoms with van der Waals surface area (Å²) in [6.45, 7) is 5.08. The molecule has 3 aromatic rings. The van der Waals surface area contributed by atoms with Crippen LogP contribution in [0, 0.1) is 0 Å². The van der Waals surface area contributed by atoms with E-state index in [0.717, 1.165) is 15.6 Å². The summed E-state index contributed by atoms with van der Waals surface area (Å²) >= 11 is 3.45. The molecular formula is C19H19BrN2O3. The maximum Gasteiger partial charge on any atom is 0.340 e. The van der Waals surface area contributed by atoms with Crippen molar-refractivity contribution in [2.75, 3.05) is 13.2 Å². The first-order valence-electron chi connectivity index (χ1n) is 8.17. The van der Waals surface area contributed by atoms with Crippen molar-refractivity contribution in [1.82, 2.24) is 9.55 Å². The van der Waals surface area contributed by atoms with Crippen LogP contribution in [0.1, 0.15) is 29.8 Å². The van der Waals surface area contributed by atoms with Gasteiger partial charge in [-0.3, -0.25) is 4.57 Å². The van der Waals surface area contributed by atoms with Gasteiger partial charge in [-0.15, -0.1) is 0 Å². The Labute approximate surface area is 154 Å². The average molecular weight is 403 g/mol. The van der Waals surface area contributed by atoms with E-state index in [0.29, 0.717) is 36.8 Å². The minimum absolute atomic E-state index is 0.328. The maximum absolute atomic E-state index is 12.4. The van der Waals surface area contributed by atoms with Crippen LogP contribution in [-0.4, -0.2) is 28.7 Å². The number of carbonyl (C=O) groups is 1. The van der Waals surface area contributed by atoms with Crippen LogP contribution >= 0.6 is 15.9 Å². The Morgan fingerprint density at radius 1 is 1.12 bits per heavy atom. The van der Waals surface area contributed by atoms with Crippen molar-refractivity contribution < 1.29 is 14.3 Å². The van der Waals surface area contributed by atoms with Gasteiger partial charge in [-0.05, 0) is 43.7 Å². The van der Waals surface area contributed by atoms with Crippen molar-refractivity contribution >= 4 is 32.9 Å². The molecule has 0 N–H and O–H groups in total. The predicted octanol–water partition coefficient (Wildman–Crippen LogP) is 4.42. The summed E-state index contributed by atoms with van der Waals surface area (Å²) in [5, 5.41) is 0. The molecule has 1 heterocycles. The van der Waals surface area contributed by atoms with Crippen molar-refractivity contribution in [1.29, 1.82) is 0 Å². The third kappa shape index (κ3) is 3.69. The van der Waals surface area contributed by atoms with Gasteiger partial charge in [0.25, 0.3) is 6.01 Å². The van der Waals surface area contributed by atoms with Gasteiger partial charge in [-0.2, -0.15) is 4.98 Å². The molecule has 0 atom stereocenters. The summed E-state index contributed by atoms with van der Waals surface area (Å²) in [4.78, 5) is 16.9. The number of benzene rings is 2. The summed E-state index contributed by atoms with van der Waals surface area (Å²) < 4.78 is 13.8. The smallest absolute Gasteiger partial charge is 0.340 e. The first-order chi connectivity index (χ1) is 12.1. The fraction of sp³-hybridized carbons (Fsp3) is 0.263. The van der Waals surface area contributed by atoms with Gasteiger partial charge >= 0.3 is 5.97 Å². The van der Waals surface area contributed by atoms with Crippen LogP contribution < -0.4 is 4.74 Å². The quantitative estimate of drug-likeness (QED) is 0.572. The van der Waals surface area contributed by atoms with E-state index in [2.05, 4.69) is 20.9 Å². The number of ether oxygens (including phenoxy) is 2. The monoisotopic (exact) mass is 402 g/mol. The van der Waals surface area contributed by atoms with E-state index < -0.39 is 0 Å². The third-order valence-electron chi connectivity index (χ3n) is 3.75. The van der Waals surface area contributed by atoms with E-state index in [4.69, 9.17) is 9.47 Å². The molecule has 6 heteroatoms. The lowest BCUT2D eigenvalue weighted by atomic mass is 10.1. The molecule has 25 heavy (non-hydrogen) atoms. The van der Waals surface area contributed by atoms with E-state index in [1.165, 1.54) is 0 Å². The third-order valence-corrected chi connectivity index (χ3v) is 4.28. The van der Waals surface area contributed by atoms with Crippen molar-refractivity contribution in [3.8, 4) is 6.01 Å². The van der Waals surface area contributed by atoms with Crippen molar-refractivity contribution in [3.63, 3.8) is 0 Å². The summed E-state index contributed by atoms with van der Waals surface area (Å²) in [5.41, 5.74) is 3.02. The van der Waals surface area contributed by atoms with E-state index >= 15 is 0 Å². The van der Waals surface area contributed by atoms with Gasteiger partial charge in [0, 0.05) is 4.47 Å². The number of rotatable bonds is 6. The van der Waals surface area contributed by atoms with Gasteiger partial charge in [-0.25, -0.2) is 4.79 Å². The molecule has 5 nitrogen and oxygen atoms in total. The van der Waals surface area contributed by atoms with E-state index in [1.807, 2.05) is 41.8 Å². The summed E-state index contributed by atoms with van der Waals surface area (Å²) in [6.07, 6.45) is 0. The Balaban J connectivity index is 2.13. The lowest BCUT2D eigenvalue weighted by Gasteiger charge is -2.11. The van der Waals surface area contributed by atoms with Crippen molar-refractivity contribution in [3.05, 3.63) is 58.1 Å². The first kappa shape index (κ1) is 17.5. The molecule has 0 aliphatic heterocycles. The number of carbonyl (C=O) groups excluding carboxylic acids is 1. The fourth-order valence-corrected chi connectivity index (χ4v) is 2.96. The first-order valence-corrected chi connectivity index (χ1v) is 8.97. The van der Waals surface area contributed by atoms with Crippen molar-refractivity contribution in [2.45, 2.75) is 20.4 Å². The zero-order chi connectivity index (χ0) is 17.8. The van der Waals surface area contributed by atoms with Crippen LogP contribution in [0.25, 0.3) is 11.0 Å². The lowest BCUT2D eigenvalue weighted by molar-refractivity contribution is 0.0528. The van der Waals surface area contributed by atoms with Gasteiger partial charge in [0.05, 0.1) is 36.4 Å². The zero-order valence-corrected chi connectivity index (χ0v) is 15.7. The number of nitrogens with zero attached hydrogens (tertiary/aromatic N) is 2. The van der Waals surface area contributed by atoms with Gasteiger partial charge in [0.1, 0.15) is 0 Å². The molecule has 0 aliphatic rings. The number of imidazole rings is 1. The zero-order valence-electron chi connectivity index (χ0n) is 14.2. The number of para-hydroxylation sites is 1. The second kappa shape index (κ2) is 7.70. The normalized spacial score (nSPS) is 10.8. The highest BCUT2D eigenvalue weighted by molar-refractivity contribution is 9.10. The van der Waals surface area contributed by atoms with Crippen LogP contribution in [0.3, 0.4) is 0 Å². The minimum atomic E-state index is -0.354. The standard InChI is InChI=1S/C19H19BrN2O3/c1-3-24-18(23)15-6-5-7-16-17(15)22(19(21-16)25-4-2)12-13-8-10-14(20)11-9-13/h5-11H,3-4,12H2,1-2H3. The molecule has 0 radical (unpaired) electrons. The van der Waals surface area contributed by atoms with E-state index in [-0.39, 0.29) is 5.97 Å². The molecule has 0 amide bonds. The summed E-state index contributed by atoms with van der Waals surface area (Å²) in [6, 6.07) is 14.0. The molecule has 0 saturated carbocycles. The Bertz CT molecular complexity index is 888. The lowest BCUT2D eigenvalue weighted by Crippen LogP contribution is -2.10.